The maximum Gasteiger partial charge on any atom is 0.112 e. The molecule has 2 atom stereocenters. The van der Waals surface area contributed by atoms with Crippen molar-refractivity contribution in [2.24, 2.45) is 11.8 Å². The average Bonchev–Trinajstić information content (AvgIpc) is 2.22. The summed E-state index contributed by atoms with van der Waals surface area (Å²) < 4.78 is 0. The van der Waals surface area contributed by atoms with Crippen LogP contribution in [0.15, 0.2) is 0 Å². The zero-order chi connectivity index (χ0) is 14.2. The Morgan fingerprint density at radius 3 is 2.32 bits per heavy atom. The first-order chi connectivity index (χ1) is 8.79. The predicted octanol–water partition coefficient (Wildman–Crippen LogP) is 2.26. The summed E-state index contributed by atoms with van der Waals surface area (Å²) in [5.74, 6) is 1.84. The smallest absolute Gasteiger partial charge is 0.112 e. The van der Waals surface area contributed by atoms with Gasteiger partial charge in [0.1, 0.15) is 7.85 Å². The number of rotatable bonds is 4. The van der Waals surface area contributed by atoms with Gasteiger partial charge >= 0.3 is 0 Å². The standard InChI is InChI=1S/C16H33BN2/c1-12(2)8-14-9-19(10-14)15-6-7-18(13(3)4)11-16(15,5)17/h12-15H,6-11,17H2,1-5H3. The lowest BCUT2D eigenvalue weighted by Crippen LogP contribution is -2.61. The molecule has 0 aromatic heterocycles. The lowest BCUT2D eigenvalue weighted by atomic mass is 9.61. The number of nitrogens with zero attached hydrogens (tertiary/aromatic N) is 2. The largest absolute Gasteiger partial charge is 0.301 e. The lowest BCUT2D eigenvalue weighted by Gasteiger charge is -2.55. The minimum atomic E-state index is 0.450. The molecule has 0 aromatic carbocycles. The third kappa shape index (κ3) is 3.55. The first-order valence-electron chi connectivity index (χ1n) is 8.27. The van der Waals surface area contributed by atoms with Crippen molar-refractivity contribution in [1.29, 1.82) is 0 Å². The minimum absolute atomic E-state index is 0.450. The highest BCUT2D eigenvalue weighted by Gasteiger charge is 2.43. The Labute approximate surface area is 121 Å². The molecule has 2 rings (SSSR count). The van der Waals surface area contributed by atoms with Gasteiger partial charge in [0, 0.05) is 25.2 Å². The van der Waals surface area contributed by atoms with Crippen LogP contribution in [0.5, 0.6) is 0 Å². The Morgan fingerprint density at radius 2 is 1.84 bits per heavy atom. The summed E-state index contributed by atoms with van der Waals surface area (Å²) in [5, 5.41) is 0.450. The quantitative estimate of drug-likeness (QED) is 0.719. The molecule has 2 unspecified atom stereocenters. The molecule has 110 valence electrons. The second-order valence-electron chi connectivity index (χ2n) is 8.31. The van der Waals surface area contributed by atoms with E-state index < -0.39 is 0 Å². The maximum atomic E-state index is 2.77. The molecule has 0 aromatic rings. The molecule has 2 fully saturated rings. The van der Waals surface area contributed by atoms with Gasteiger partial charge in [0.25, 0.3) is 0 Å². The zero-order valence-electron chi connectivity index (χ0n) is 13.9. The molecule has 0 spiro atoms. The van der Waals surface area contributed by atoms with Crippen molar-refractivity contribution in [2.45, 2.75) is 64.9 Å². The molecule has 0 bridgehead atoms. The fourth-order valence-corrected chi connectivity index (χ4v) is 4.18. The van der Waals surface area contributed by atoms with Crippen LogP contribution in [0, 0.1) is 11.8 Å². The average molecular weight is 264 g/mol. The van der Waals surface area contributed by atoms with Gasteiger partial charge in [0.2, 0.25) is 0 Å². The van der Waals surface area contributed by atoms with Gasteiger partial charge in [-0.1, -0.05) is 20.8 Å². The van der Waals surface area contributed by atoms with E-state index in [9.17, 15) is 0 Å². The molecule has 0 amide bonds. The summed E-state index contributed by atoms with van der Waals surface area (Å²) >= 11 is 0. The fourth-order valence-electron chi connectivity index (χ4n) is 4.18. The highest BCUT2D eigenvalue weighted by molar-refractivity contribution is 6.15. The molecule has 19 heavy (non-hydrogen) atoms. The van der Waals surface area contributed by atoms with Crippen LogP contribution in [0.2, 0.25) is 5.31 Å². The van der Waals surface area contributed by atoms with E-state index in [0.29, 0.717) is 11.4 Å². The zero-order valence-corrected chi connectivity index (χ0v) is 13.9. The molecule has 2 nitrogen and oxygen atoms in total. The van der Waals surface area contributed by atoms with E-state index in [-0.39, 0.29) is 0 Å². The van der Waals surface area contributed by atoms with Crippen molar-refractivity contribution in [3.63, 3.8) is 0 Å². The van der Waals surface area contributed by atoms with Gasteiger partial charge in [-0.25, -0.2) is 0 Å². The fraction of sp³-hybridized carbons (Fsp3) is 1.00. The first-order valence-corrected chi connectivity index (χ1v) is 8.27. The predicted molar refractivity (Wildman–Crippen MR) is 86.5 cm³/mol. The summed E-state index contributed by atoms with van der Waals surface area (Å²) in [6, 6.07) is 1.51. The molecule has 0 radical (unpaired) electrons. The summed E-state index contributed by atoms with van der Waals surface area (Å²) in [6.45, 7) is 17.1. The molecule has 2 aliphatic heterocycles. The molecule has 2 heterocycles. The summed E-state index contributed by atoms with van der Waals surface area (Å²) in [4.78, 5) is 5.42. The van der Waals surface area contributed by atoms with Crippen molar-refractivity contribution in [3.05, 3.63) is 0 Å². The van der Waals surface area contributed by atoms with Crippen LogP contribution in [0.1, 0.15) is 47.5 Å². The summed E-state index contributed by atoms with van der Waals surface area (Å²) in [5.41, 5.74) is 0. The van der Waals surface area contributed by atoms with Crippen LogP contribution >= 0.6 is 0 Å². The number of piperidine rings is 1. The molecule has 0 N–H and O–H groups in total. The Morgan fingerprint density at radius 1 is 1.21 bits per heavy atom. The van der Waals surface area contributed by atoms with Crippen LogP contribution in [-0.2, 0) is 0 Å². The highest BCUT2D eigenvalue weighted by Crippen LogP contribution is 2.41. The molecule has 0 aliphatic carbocycles. The Balaban J connectivity index is 1.86. The highest BCUT2D eigenvalue weighted by atomic mass is 15.3. The van der Waals surface area contributed by atoms with Crippen LogP contribution in [-0.4, -0.2) is 55.9 Å². The summed E-state index contributed by atoms with van der Waals surface area (Å²) in [7, 11) is 2.47. The van der Waals surface area contributed by atoms with Gasteiger partial charge in [-0.2, -0.15) is 0 Å². The van der Waals surface area contributed by atoms with Crippen LogP contribution in [0.25, 0.3) is 0 Å². The molecular formula is C16H33BN2. The topological polar surface area (TPSA) is 6.48 Å². The van der Waals surface area contributed by atoms with Crippen molar-refractivity contribution >= 4 is 7.85 Å². The van der Waals surface area contributed by atoms with E-state index in [4.69, 9.17) is 0 Å². The third-order valence-corrected chi connectivity index (χ3v) is 5.16. The van der Waals surface area contributed by atoms with Crippen molar-refractivity contribution < 1.29 is 0 Å². The minimum Gasteiger partial charge on any atom is -0.301 e. The number of hydrogen-bond acceptors (Lipinski definition) is 2. The monoisotopic (exact) mass is 264 g/mol. The van der Waals surface area contributed by atoms with E-state index in [2.05, 4.69) is 52.3 Å². The Kier molecular flexibility index (Phi) is 4.67. The second kappa shape index (κ2) is 5.77. The SMILES string of the molecule is BC1(C)CN(C(C)C)CCC1N1CC(CC(C)C)C1. The van der Waals surface area contributed by atoms with Gasteiger partial charge in [0.15, 0.2) is 0 Å². The Bertz CT molecular complexity index is 295. The summed E-state index contributed by atoms with van der Waals surface area (Å²) in [6.07, 6.45) is 2.78. The van der Waals surface area contributed by atoms with E-state index in [0.717, 1.165) is 17.9 Å². The van der Waals surface area contributed by atoms with Gasteiger partial charge in [0.05, 0.1) is 0 Å². The maximum absolute atomic E-state index is 2.77. The molecule has 2 aliphatic rings. The van der Waals surface area contributed by atoms with Crippen LogP contribution < -0.4 is 0 Å². The van der Waals surface area contributed by atoms with Crippen molar-refractivity contribution in [3.8, 4) is 0 Å². The van der Waals surface area contributed by atoms with E-state index in [1.807, 2.05) is 0 Å². The van der Waals surface area contributed by atoms with Crippen LogP contribution in [0.4, 0.5) is 0 Å². The number of likely N-dealkylation sites (tertiary alicyclic amines) is 2. The van der Waals surface area contributed by atoms with Crippen molar-refractivity contribution in [1.82, 2.24) is 9.80 Å². The second-order valence-corrected chi connectivity index (χ2v) is 8.31. The number of hydrogen-bond donors (Lipinski definition) is 0. The third-order valence-electron chi connectivity index (χ3n) is 5.16. The van der Waals surface area contributed by atoms with Gasteiger partial charge in [-0.15, -0.1) is 0 Å². The van der Waals surface area contributed by atoms with Gasteiger partial charge in [-0.05, 0) is 56.9 Å². The molecular weight excluding hydrogens is 231 g/mol. The van der Waals surface area contributed by atoms with Crippen molar-refractivity contribution in [2.75, 3.05) is 26.2 Å². The van der Waals surface area contributed by atoms with Gasteiger partial charge in [-0.3, -0.25) is 4.90 Å². The molecule has 2 saturated heterocycles. The first kappa shape index (κ1) is 15.4. The van der Waals surface area contributed by atoms with E-state index >= 15 is 0 Å². The van der Waals surface area contributed by atoms with Gasteiger partial charge < -0.3 is 4.90 Å². The molecule has 3 heteroatoms. The van der Waals surface area contributed by atoms with E-state index in [1.54, 1.807) is 0 Å². The van der Waals surface area contributed by atoms with E-state index in [1.165, 1.54) is 39.0 Å². The molecule has 0 saturated carbocycles. The Hall–Kier alpha value is -0.0151. The lowest BCUT2D eigenvalue weighted by molar-refractivity contribution is -0.0134. The van der Waals surface area contributed by atoms with Crippen LogP contribution in [0.3, 0.4) is 0 Å². The normalized spacial score (nSPS) is 35.0.